The van der Waals surface area contributed by atoms with Crippen LogP contribution in [0.25, 0.3) is 23.4 Å². The van der Waals surface area contributed by atoms with Gasteiger partial charge in [-0.15, -0.1) is 0 Å². The number of hydrogen-bond donors (Lipinski definition) is 2. The highest BCUT2D eigenvalue weighted by Crippen LogP contribution is 2.30. The first-order chi connectivity index (χ1) is 12.2. The number of hydrogen-bond acceptors (Lipinski definition) is 4. The molecule has 1 atom stereocenters. The van der Waals surface area contributed by atoms with Crippen molar-refractivity contribution < 1.29 is 4.79 Å². The highest BCUT2D eigenvalue weighted by atomic mass is 16.2. The van der Waals surface area contributed by atoms with Gasteiger partial charge >= 0.3 is 0 Å². The van der Waals surface area contributed by atoms with Crippen molar-refractivity contribution in [1.29, 1.82) is 5.26 Å². The largest absolute Gasteiger partial charge is 0.366 e. The van der Waals surface area contributed by atoms with Crippen molar-refractivity contribution in [3.8, 4) is 17.2 Å². The topological polar surface area (TPSA) is 82.2 Å². The van der Waals surface area contributed by atoms with Gasteiger partial charge in [-0.25, -0.2) is 5.84 Å². The maximum atomic E-state index is 12.1. The summed E-state index contributed by atoms with van der Waals surface area (Å²) in [5.41, 5.74) is 2.54. The third-order valence-electron chi connectivity index (χ3n) is 4.67. The fourth-order valence-corrected chi connectivity index (χ4v) is 3.08. The van der Waals surface area contributed by atoms with Crippen LogP contribution in [0.2, 0.25) is 0 Å². The van der Waals surface area contributed by atoms with Crippen molar-refractivity contribution in [2.24, 2.45) is 11.8 Å². The Bertz CT molecular complexity index is 1000. The first-order valence-electron chi connectivity index (χ1n) is 8.33. The second kappa shape index (κ2) is 6.08. The van der Waals surface area contributed by atoms with E-state index >= 15 is 0 Å². The molecule has 1 unspecified atom stereocenters. The van der Waals surface area contributed by atoms with Gasteiger partial charge in [-0.2, -0.15) is 5.26 Å². The predicted octanol–water partition coefficient (Wildman–Crippen LogP) is 0.785. The van der Waals surface area contributed by atoms with Gasteiger partial charge in [-0.1, -0.05) is 30.3 Å². The van der Waals surface area contributed by atoms with Gasteiger partial charge in [0.15, 0.2) is 0 Å². The summed E-state index contributed by atoms with van der Waals surface area (Å²) in [4.78, 5) is 12.1. The number of nitrogens with two attached hydrogens (primary N) is 1. The molecule has 124 valence electrons. The lowest BCUT2D eigenvalue weighted by Gasteiger charge is -2.27. The van der Waals surface area contributed by atoms with E-state index in [1.165, 1.54) is 5.01 Å². The van der Waals surface area contributed by atoms with E-state index < -0.39 is 0 Å². The summed E-state index contributed by atoms with van der Waals surface area (Å²) in [6, 6.07) is 15.8. The van der Waals surface area contributed by atoms with Crippen LogP contribution in [0.4, 0.5) is 0 Å². The molecule has 5 nitrogen and oxygen atoms in total. The van der Waals surface area contributed by atoms with Gasteiger partial charge in [0.2, 0.25) is 5.91 Å². The van der Waals surface area contributed by atoms with Crippen molar-refractivity contribution in [3.63, 3.8) is 0 Å². The first-order valence-corrected chi connectivity index (χ1v) is 8.33. The maximum Gasteiger partial charge on any atom is 0.241 e. The van der Waals surface area contributed by atoms with E-state index in [9.17, 15) is 10.1 Å². The number of benzene rings is 2. The van der Waals surface area contributed by atoms with Crippen LogP contribution >= 0.6 is 0 Å². The van der Waals surface area contributed by atoms with Gasteiger partial charge in [0.1, 0.15) is 6.17 Å². The van der Waals surface area contributed by atoms with E-state index in [1.807, 2.05) is 54.7 Å². The zero-order valence-electron chi connectivity index (χ0n) is 13.6. The average molecular weight is 330 g/mol. The van der Waals surface area contributed by atoms with Crippen LogP contribution in [-0.4, -0.2) is 17.1 Å². The summed E-state index contributed by atoms with van der Waals surface area (Å²) in [5.74, 6) is 6.06. The molecule has 0 spiro atoms. The number of nitrogens with one attached hydrogen (secondary N) is 1. The molecular formula is C20H18N4O. The molecule has 2 aliphatic rings. The number of nitrogens with zero attached hydrogens (tertiary/aromatic N) is 2. The summed E-state index contributed by atoms with van der Waals surface area (Å²) in [6.07, 6.45) is 5.36. The van der Waals surface area contributed by atoms with Gasteiger partial charge in [0.05, 0.1) is 11.6 Å². The van der Waals surface area contributed by atoms with Gasteiger partial charge in [0, 0.05) is 12.1 Å². The Morgan fingerprint density at radius 2 is 2.00 bits per heavy atom. The van der Waals surface area contributed by atoms with E-state index in [0.29, 0.717) is 5.56 Å². The van der Waals surface area contributed by atoms with E-state index in [1.54, 1.807) is 0 Å². The third-order valence-corrected chi connectivity index (χ3v) is 4.67. The lowest BCUT2D eigenvalue weighted by molar-refractivity contribution is -0.134. The molecule has 1 fully saturated rings. The number of fused-ring (bicyclic) bond motifs is 1. The fraction of sp³-hybridized carbons (Fsp3) is 0.200. The zero-order chi connectivity index (χ0) is 17.4. The highest BCUT2D eigenvalue weighted by molar-refractivity contribution is 5.81. The minimum Gasteiger partial charge on any atom is -0.366 e. The molecule has 0 radical (unpaired) electrons. The van der Waals surface area contributed by atoms with Crippen molar-refractivity contribution in [2.45, 2.75) is 19.0 Å². The Labute approximate surface area is 145 Å². The smallest absolute Gasteiger partial charge is 0.241 e. The van der Waals surface area contributed by atoms with Crippen LogP contribution < -0.4 is 21.6 Å². The van der Waals surface area contributed by atoms with Crippen LogP contribution in [0.15, 0.2) is 42.5 Å². The average Bonchev–Trinajstić information content (AvgIpc) is 3.51. The number of hydrazine groups is 1. The summed E-state index contributed by atoms with van der Waals surface area (Å²) < 4.78 is 0. The van der Waals surface area contributed by atoms with Crippen molar-refractivity contribution >= 4 is 18.2 Å². The van der Waals surface area contributed by atoms with Crippen LogP contribution in [0, 0.1) is 17.2 Å². The predicted molar refractivity (Wildman–Crippen MR) is 95.5 cm³/mol. The van der Waals surface area contributed by atoms with Gasteiger partial charge in [-0.3, -0.25) is 9.80 Å². The third kappa shape index (κ3) is 2.88. The van der Waals surface area contributed by atoms with Crippen molar-refractivity contribution in [1.82, 2.24) is 10.3 Å². The fourth-order valence-electron chi connectivity index (χ4n) is 3.08. The lowest BCUT2D eigenvalue weighted by atomic mass is 9.99. The second-order valence-electron chi connectivity index (χ2n) is 6.44. The van der Waals surface area contributed by atoms with Crippen LogP contribution in [0.5, 0.6) is 0 Å². The SMILES string of the molecule is N#Cc1ccccc1-c1ccc2c(c1)=CNC(N(N)C(=O)C1CC1)C=2. The van der Waals surface area contributed by atoms with E-state index in [4.69, 9.17) is 5.84 Å². The standard InChI is InChI=1S/C20H18N4O/c21-11-16-3-1-2-4-18(16)15-8-7-14-10-19(23-12-17(14)9-15)24(22)20(25)13-5-6-13/h1-4,7-10,12-13,19,23H,5-6,22H2. The molecule has 3 N–H and O–H groups in total. The Morgan fingerprint density at radius 1 is 1.20 bits per heavy atom. The minimum absolute atomic E-state index is 0.00910. The highest BCUT2D eigenvalue weighted by Gasteiger charge is 2.34. The minimum atomic E-state index is -0.335. The van der Waals surface area contributed by atoms with Gasteiger partial charge in [0.25, 0.3) is 0 Å². The van der Waals surface area contributed by atoms with E-state index in [2.05, 4.69) is 11.4 Å². The summed E-state index contributed by atoms with van der Waals surface area (Å²) in [6.45, 7) is 0. The van der Waals surface area contributed by atoms with E-state index in [0.717, 1.165) is 34.4 Å². The molecule has 1 aliphatic carbocycles. The quantitative estimate of drug-likeness (QED) is 0.495. The Hall–Kier alpha value is -3.10. The summed E-state index contributed by atoms with van der Waals surface area (Å²) >= 11 is 0. The molecule has 1 aliphatic heterocycles. The molecular weight excluding hydrogens is 312 g/mol. The van der Waals surface area contributed by atoms with Gasteiger partial charge in [-0.05, 0) is 52.6 Å². The first kappa shape index (κ1) is 15.4. The number of rotatable bonds is 3. The molecule has 1 amide bonds. The molecule has 5 heteroatoms. The molecule has 2 aromatic rings. The Kier molecular flexibility index (Phi) is 3.75. The monoisotopic (exact) mass is 330 g/mol. The Morgan fingerprint density at radius 3 is 2.76 bits per heavy atom. The van der Waals surface area contributed by atoms with Crippen LogP contribution in [-0.2, 0) is 4.79 Å². The van der Waals surface area contributed by atoms with Gasteiger partial charge < -0.3 is 5.32 Å². The van der Waals surface area contributed by atoms with E-state index in [-0.39, 0.29) is 18.0 Å². The summed E-state index contributed by atoms with van der Waals surface area (Å²) in [7, 11) is 0. The Balaban J connectivity index is 1.68. The molecule has 0 aromatic heterocycles. The van der Waals surface area contributed by atoms with Crippen LogP contribution in [0.3, 0.4) is 0 Å². The molecule has 2 aromatic carbocycles. The summed E-state index contributed by atoms with van der Waals surface area (Å²) in [5, 5.41) is 15.8. The molecule has 4 rings (SSSR count). The van der Waals surface area contributed by atoms with Crippen molar-refractivity contribution in [3.05, 3.63) is 58.5 Å². The van der Waals surface area contributed by atoms with Crippen LogP contribution in [0.1, 0.15) is 18.4 Å². The molecule has 25 heavy (non-hydrogen) atoms. The second-order valence-corrected chi connectivity index (χ2v) is 6.44. The number of nitriles is 1. The molecule has 1 heterocycles. The maximum absolute atomic E-state index is 12.1. The molecule has 0 bridgehead atoms. The zero-order valence-corrected chi connectivity index (χ0v) is 13.6. The normalized spacial score (nSPS) is 18.0. The molecule has 0 saturated heterocycles. The van der Waals surface area contributed by atoms with Crippen molar-refractivity contribution in [2.75, 3.05) is 0 Å². The number of amides is 1. The number of carbonyl (C=O) groups is 1. The molecule has 1 saturated carbocycles. The lowest BCUT2D eigenvalue weighted by Crippen LogP contribution is -2.54. The number of carbonyl (C=O) groups excluding carboxylic acids is 1.